The van der Waals surface area contributed by atoms with Crippen LogP contribution in [0.1, 0.15) is 27.2 Å². The summed E-state index contributed by atoms with van der Waals surface area (Å²) >= 11 is 0. The van der Waals surface area contributed by atoms with Crippen molar-refractivity contribution in [1.29, 1.82) is 0 Å². The second kappa shape index (κ2) is 11.6. The molecule has 0 unspecified atom stereocenters. The number of hydrogen-bond donors (Lipinski definition) is 3. The molecule has 1 saturated heterocycles. The minimum atomic E-state index is -0.563. The van der Waals surface area contributed by atoms with Gasteiger partial charge in [0.1, 0.15) is 17.2 Å². The number of nitrogens with zero attached hydrogens (tertiary/aromatic N) is 4. The van der Waals surface area contributed by atoms with Crippen LogP contribution in [-0.2, 0) is 9.53 Å². The third-order valence-corrected chi connectivity index (χ3v) is 6.97. The van der Waals surface area contributed by atoms with Crippen molar-refractivity contribution in [2.75, 3.05) is 25.0 Å². The van der Waals surface area contributed by atoms with Gasteiger partial charge < -0.3 is 25.0 Å². The Morgan fingerprint density at radius 3 is 2.77 bits per heavy atom. The second-order valence-corrected chi connectivity index (χ2v) is 11.5. The van der Waals surface area contributed by atoms with Gasteiger partial charge in [0.25, 0.3) is 5.91 Å². The van der Waals surface area contributed by atoms with Crippen LogP contribution in [0.25, 0.3) is 33.2 Å². The summed E-state index contributed by atoms with van der Waals surface area (Å²) in [5.74, 6) is 1.45. The van der Waals surface area contributed by atoms with E-state index in [1.165, 1.54) is 0 Å². The number of H-pyrrole nitrogens is 1. The average molecular weight is 580 g/mol. The average Bonchev–Trinajstić information content (AvgIpc) is 3.65. The molecule has 0 aliphatic carbocycles. The molecule has 6 rings (SSSR count). The molecule has 1 aliphatic rings. The minimum absolute atomic E-state index is 0.152. The number of carbonyl (C=O) groups is 2. The lowest BCUT2D eigenvalue weighted by Gasteiger charge is -2.24. The molecule has 0 spiro atoms. The molecule has 1 fully saturated rings. The number of amides is 2. The molecule has 1 aliphatic heterocycles. The van der Waals surface area contributed by atoms with E-state index in [0.29, 0.717) is 36.9 Å². The smallest absolute Gasteiger partial charge is 0.410 e. The number of aromatic amines is 1. The number of benzene rings is 3. The van der Waals surface area contributed by atoms with Crippen LogP contribution in [0, 0.1) is 0 Å². The Labute approximate surface area is 248 Å². The van der Waals surface area contributed by atoms with Crippen molar-refractivity contribution >= 4 is 45.3 Å². The van der Waals surface area contributed by atoms with E-state index in [1.54, 1.807) is 17.2 Å². The van der Waals surface area contributed by atoms with Gasteiger partial charge in [-0.2, -0.15) is 5.10 Å². The molecule has 5 aromatic rings. The summed E-state index contributed by atoms with van der Waals surface area (Å²) < 4.78 is 11.3. The van der Waals surface area contributed by atoms with E-state index in [4.69, 9.17) is 19.4 Å². The highest BCUT2D eigenvalue weighted by atomic mass is 16.6. The summed E-state index contributed by atoms with van der Waals surface area (Å²) in [5.41, 5.74) is 2.81. The first-order chi connectivity index (χ1) is 20.7. The normalized spacial score (nSPS) is 15.0. The predicted octanol–water partition coefficient (Wildman–Crippen LogP) is 5.42. The largest absolute Gasteiger partial charge is 0.484 e. The molecule has 0 saturated carbocycles. The van der Waals surface area contributed by atoms with Crippen LogP contribution in [0.15, 0.2) is 72.9 Å². The standard InChI is InChI=1S/C32H33N7O4/c1-32(2,3)43-31(41)39-14-13-23(18-39)34-28(40)19-42-24-8-6-7-20(16-24)29-36-27-10-5-4-9-25(27)30(37-29)35-22-11-12-26-21(15-22)17-33-38-26/h4-12,15-17,23H,13-14,18-19H2,1-3H3,(H,33,38)(H,34,40)(H,35,36,37)/t23-/m0/s1. The summed E-state index contributed by atoms with van der Waals surface area (Å²) in [4.78, 5) is 36.2. The van der Waals surface area contributed by atoms with E-state index in [2.05, 4.69) is 20.8 Å². The second-order valence-electron chi connectivity index (χ2n) is 11.5. The highest BCUT2D eigenvalue weighted by Crippen LogP contribution is 2.29. The number of fused-ring (bicyclic) bond motifs is 2. The Hall–Kier alpha value is -5.19. The van der Waals surface area contributed by atoms with Crippen molar-refractivity contribution in [1.82, 2.24) is 30.4 Å². The van der Waals surface area contributed by atoms with Gasteiger partial charge in [0, 0.05) is 41.2 Å². The third kappa shape index (κ3) is 6.66. The molecule has 3 aromatic carbocycles. The molecule has 3 heterocycles. The van der Waals surface area contributed by atoms with E-state index in [1.807, 2.05) is 81.4 Å². The molecule has 11 nitrogen and oxygen atoms in total. The van der Waals surface area contributed by atoms with Gasteiger partial charge in [-0.3, -0.25) is 9.89 Å². The van der Waals surface area contributed by atoms with Crippen LogP contribution in [0.5, 0.6) is 5.75 Å². The number of hydrogen-bond acceptors (Lipinski definition) is 8. The van der Waals surface area contributed by atoms with Gasteiger partial charge in [-0.15, -0.1) is 0 Å². The van der Waals surface area contributed by atoms with Crippen LogP contribution >= 0.6 is 0 Å². The van der Waals surface area contributed by atoms with Crippen LogP contribution in [-0.4, -0.2) is 68.4 Å². The molecular formula is C32H33N7O4. The fourth-order valence-corrected chi connectivity index (χ4v) is 4.97. The lowest BCUT2D eigenvalue weighted by atomic mass is 10.1. The first-order valence-electron chi connectivity index (χ1n) is 14.2. The van der Waals surface area contributed by atoms with Gasteiger partial charge in [0.2, 0.25) is 0 Å². The van der Waals surface area contributed by atoms with Crippen molar-refractivity contribution in [3.05, 3.63) is 72.9 Å². The molecule has 2 amide bonds. The van der Waals surface area contributed by atoms with Crippen LogP contribution < -0.4 is 15.4 Å². The Morgan fingerprint density at radius 2 is 1.91 bits per heavy atom. The summed E-state index contributed by atoms with van der Waals surface area (Å²) in [6.07, 6.45) is 2.07. The van der Waals surface area contributed by atoms with Gasteiger partial charge in [-0.05, 0) is 69.7 Å². The van der Waals surface area contributed by atoms with Gasteiger partial charge in [0.05, 0.1) is 17.2 Å². The maximum atomic E-state index is 12.7. The van der Waals surface area contributed by atoms with Gasteiger partial charge >= 0.3 is 6.09 Å². The highest BCUT2D eigenvalue weighted by Gasteiger charge is 2.30. The van der Waals surface area contributed by atoms with E-state index >= 15 is 0 Å². The highest BCUT2D eigenvalue weighted by molar-refractivity contribution is 5.93. The SMILES string of the molecule is CC(C)(C)OC(=O)N1CC[C@H](NC(=O)COc2cccc(-c3nc(Nc4ccc5[nH]ncc5c4)c4ccccc4n3)c2)C1. The number of likely N-dealkylation sites (tertiary alicyclic amines) is 1. The fraction of sp³-hybridized carbons (Fsp3) is 0.281. The lowest BCUT2D eigenvalue weighted by molar-refractivity contribution is -0.123. The van der Waals surface area contributed by atoms with Crippen LogP contribution in [0.3, 0.4) is 0 Å². The molecule has 220 valence electrons. The number of rotatable bonds is 7. The minimum Gasteiger partial charge on any atom is -0.484 e. The molecule has 43 heavy (non-hydrogen) atoms. The Balaban J connectivity index is 1.13. The van der Waals surface area contributed by atoms with Crippen LogP contribution in [0.2, 0.25) is 0 Å². The zero-order valence-corrected chi connectivity index (χ0v) is 24.3. The van der Waals surface area contributed by atoms with Crippen LogP contribution in [0.4, 0.5) is 16.3 Å². The molecular weight excluding hydrogens is 546 g/mol. The molecule has 0 bridgehead atoms. The van der Waals surface area contributed by atoms with E-state index in [-0.39, 0.29) is 24.6 Å². The number of aromatic nitrogens is 4. The van der Waals surface area contributed by atoms with E-state index in [0.717, 1.165) is 33.1 Å². The zero-order valence-electron chi connectivity index (χ0n) is 24.3. The van der Waals surface area contributed by atoms with Crippen molar-refractivity contribution in [3.8, 4) is 17.1 Å². The van der Waals surface area contributed by atoms with Crippen molar-refractivity contribution in [2.24, 2.45) is 0 Å². The first kappa shape index (κ1) is 28.0. The molecule has 3 N–H and O–H groups in total. The Bertz CT molecular complexity index is 1800. The van der Waals surface area contributed by atoms with E-state index in [9.17, 15) is 9.59 Å². The molecule has 11 heteroatoms. The van der Waals surface area contributed by atoms with Gasteiger partial charge in [-0.1, -0.05) is 24.3 Å². The number of anilines is 2. The number of nitrogens with one attached hydrogen (secondary N) is 3. The zero-order chi connectivity index (χ0) is 30.0. The topological polar surface area (TPSA) is 134 Å². The fourth-order valence-electron chi connectivity index (χ4n) is 4.97. The Morgan fingerprint density at radius 1 is 1.05 bits per heavy atom. The maximum Gasteiger partial charge on any atom is 0.410 e. The quantitative estimate of drug-likeness (QED) is 0.233. The predicted molar refractivity (Wildman–Crippen MR) is 164 cm³/mol. The molecule has 0 radical (unpaired) electrons. The summed E-state index contributed by atoms with van der Waals surface area (Å²) in [5, 5.41) is 15.3. The first-order valence-corrected chi connectivity index (χ1v) is 14.2. The molecule has 2 aromatic heterocycles. The lowest BCUT2D eigenvalue weighted by Crippen LogP contribution is -2.41. The van der Waals surface area contributed by atoms with E-state index < -0.39 is 5.60 Å². The number of ether oxygens (including phenoxy) is 2. The monoisotopic (exact) mass is 579 g/mol. The van der Waals surface area contributed by atoms with Gasteiger partial charge in [-0.25, -0.2) is 14.8 Å². The number of carbonyl (C=O) groups excluding carboxylic acids is 2. The molecule has 1 atom stereocenters. The van der Waals surface area contributed by atoms with Crippen molar-refractivity contribution < 1.29 is 19.1 Å². The summed E-state index contributed by atoms with van der Waals surface area (Å²) in [7, 11) is 0. The maximum absolute atomic E-state index is 12.7. The Kier molecular flexibility index (Phi) is 7.54. The van der Waals surface area contributed by atoms with Crippen molar-refractivity contribution in [2.45, 2.75) is 38.8 Å². The summed E-state index contributed by atoms with van der Waals surface area (Å²) in [6, 6.07) is 21.0. The third-order valence-electron chi connectivity index (χ3n) is 6.97. The van der Waals surface area contributed by atoms with Crippen molar-refractivity contribution in [3.63, 3.8) is 0 Å². The summed E-state index contributed by atoms with van der Waals surface area (Å²) in [6.45, 7) is 6.27. The van der Waals surface area contributed by atoms with Gasteiger partial charge in [0.15, 0.2) is 12.4 Å². The number of para-hydroxylation sites is 1.